The van der Waals surface area contributed by atoms with E-state index in [-0.39, 0.29) is 17.1 Å². The highest BCUT2D eigenvalue weighted by Gasteiger charge is 2.12. The molecule has 2 aromatic rings. The second-order valence-electron chi connectivity index (χ2n) is 3.93. The van der Waals surface area contributed by atoms with Crippen LogP contribution in [0.5, 0.6) is 5.75 Å². The number of pyridine rings is 1. The lowest BCUT2D eigenvalue weighted by Gasteiger charge is -2.13. The number of nitrogen functional groups attached to an aromatic ring is 1. The van der Waals surface area contributed by atoms with Gasteiger partial charge in [0.2, 0.25) is 0 Å². The Kier molecular flexibility index (Phi) is 2.48. The van der Waals surface area contributed by atoms with Crippen molar-refractivity contribution in [1.29, 1.82) is 5.26 Å². The van der Waals surface area contributed by atoms with Crippen LogP contribution in [0, 0.1) is 11.3 Å². The van der Waals surface area contributed by atoms with E-state index in [4.69, 9.17) is 11.0 Å². The van der Waals surface area contributed by atoms with E-state index in [0.29, 0.717) is 10.9 Å². The van der Waals surface area contributed by atoms with Crippen molar-refractivity contribution < 1.29 is 5.11 Å². The van der Waals surface area contributed by atoms with Gasteiger partial charge >= 0.3 is 0 Å². The van der Waals surface area contributed by atoms with Gasteiger partial charge in [-0.05, 0) is 18.2 Å². The van der Waals surface area contributed by atoms with E-state index in [1.165, 1.54) is 0 Å². The Balaban J connectivity index is 2.81. The summed E-state index contributed by atoms with van der Waals surface area (Å²) in [7, 11) is 3.79. The molecule has 5 nitrogen and oxygen atoms in total. The zero-order valence-corrected chi connectivity index (χ0v) is 9.60. The highest BCUT2D eigenvalue weighted by molar-refractivity contribution is 5.92. The van der Waals surface area contributed by atoms with Gasteiger partial charge in [0.1, 0.15) is 23.2 Å². The first-order valence-electron chi connectivity index (χ1n) is 5.04. The van der Waals surface area contributed by atoms with Gasteiger partial charge in [-0.15, -0.1) is 0 Å². The molecule has 0 radical (unpaired) electrons. The Hall–Kier alpha value is -2.48. The van der Waals surface area contributed by atoms with Crippen molar-refractivity contribution >= 4 is 22.4 Å². The molecule has 0 aliphatic carbocycles. The zero-order valence-electron chi connectivity index (χ0n) is 9.60. The van der Waals surface area contributed by atoms with Crippen LogP contribution in [0.4, 0.5) is 11.5 Å². The normalized spacial score (nSPS) is 10.2. The van der Waals surface area contributed by atoms with Crippen molar-refractivity contribution in [3.05, 3.63) is 23.8 Å². The topological polar surface area (TPSA) is 86.2 Å². The molecule has 1 aromatic heterocycles. The minimum absolute atomic E-state index is 0.0217. The van der Waals surface area contributed by atoms with Crippen molar-refractivity contribution in [3.63, 3.8) is 0 Å². The predicted molar refractivity (Wildman–Crippen MR) is 66.9 cm³/mol. The number of aromatic nitrogens is 1. The van der Waals surface area contributed by atoms with Crippen LogP contribution in [0.2, 0.25) is 0 Å². The molecule has 0 aliphatic rings. The van der Waals surface area contributed by atoms with E-state index in [2.05, 4.69) is 4.98 Å². The van der Waals surface area contributed by atoms with Gasteiger partial charge in [-0.1, -0.05) is 0 Å². The number of nitrogens with two attached hydrogens (primary N) is 1. The third kappa shape index (κ3) is 1.70. The fourth-order valence-corrected chi connectivity index (χ4v) is 1.64. The van der Waals surface area contributed by atoms with Crippen LogP contribution in [0.1, 0.15) is 5.56 Å². The first-order valence-corrected chi connectivity index (χ1v) is 5.04. The number of hydrogen-bond acceptors (Lipinski definition) is 5. The molecule has 2 rings (SSSR count). The van der Waals surface area contributed by atoms with E-state index in [1.54, 1.807) is 12.1 Å². The van der Waals surface area contributed by atoms with Gasteiger partial charge in [-0.2, -0.15) is 5.26 Å². The molecule has 5 heteroatoms. The van der Waals surface area contributed by atoms with Gasteiger partial charge in [-0.3, -0.25) is 0 Å². The molecule has 3 N–H and O–H groups in total. The first-order chi connectivity index (χ1) is 8.04. The van der Waals surface area contributed by atoms with Gasteiger partial charge in [0.25, 0.3) is 0 Å². The largest absolute Gasteiger partial charge is 0.506 e. The van der Waals surface area contributed by atoms with Gasteiger partial charge in [0.05, 0.1) is 5.52 Å². The van der Waals surface area contributed by atoms with Gasteiger partial charge < -0.3 is 15.7 Å². The fourth-order valence-electron chi connectivity index (χ4n) is 1.64. The van der Waals surface area contributed by atoms with Gasteiger partial charge in [0, 0.05) is 25.2 Å². The highest BCUT2D eigenvalue weighted by Crippen LogP contribution is 2.32. The molecular weight excluding hydrogens is 216 g/mol. The molecule has 0 saturated heterocycles. The number of fused-ring (bicyclic) bond motifs is 1. The summed E-state index contributed by atoms with van der Waals surface area (Å²) in [5, 5.41) is 19.4. The molecule has 0 amide bonds. The van der Waals surface area contributed by atoms with E-state index in [9.17, 15) is 5.11 Å². The Labute approximate surface area is 98.7 Å². The average Bonchev–Trinajstić information content (AvgIpc) is 2.29. The van der Waals surface area contributed by atoms with Crippen LogP contribution in [0.25, 0.3) is 10.9 Å². The van der Waals surface area contributed by atoms with Gasteiger partial charge in [-0.25, -0.2) is 4.98 Å². The SMILES string of the molecule is CN(C)c1ccc2nc(N)c(C#N)c(O)c2c1. The summed E-state index contributed by atoms with van der Waals surface area (Å²) < 4.78 is 0. The molecule has 0 fully saturated rings. The Morgan fingerprint density at radius 1 is 1.41 bits per heavy atom. The summed E-state index contributed by atoms with van der Waals surface area (Å²) in [5.41, 5.74) is 7.11. The summed E-state index contributed by atoms with van der Waals surface area (Å²) >= 11 is 0. The first kappa shape index (κ1) is 11.0. The maximum atomic E-state index is 9.98. The zero-order chi connectivity index (χ0) is 12.6. The van der Waals surface area contributed by atoms with Crippen LogP contribution >= 0.6 is 0 Å². The summed E-state index contributed by atoms with van der Waals surface area (Å²) in [6.45, 7) is 0. The smallest absolute Gasteiger partial charge is 0.146 e. The maximum Gasteiger partial charge on any atom is 0.146 e. The van der Waals surface area contributed by atoms with Crippen LogP contribution in [-0.2, 0) is 0 Å². The van der Waals surface area contributed by atoms with E-state index < -0.39 is 0 Å². The maximum absolute atomic E-state index is 9.98. The van der Waals surface area contributed by atoms with E-state index in [0.717, 1.165) is 5.69 Å². The minimum atomic E-state index is -0.112. The molecule has 1 aromatic carbocycles. The number of rotatable bonds is 1. The standard InChI is InChI=1S/C12H12N4O/c1-16(2)7-3-4-10-8(5-7)11(17)9(6-13)12(14)15-10/h3-5H,1-2H3,(H3,14,15,17). The van der Waals surface area contributed by atoms with Crippen LogP contribution < -0.4 is 10.6 Å². The minimum Gasteiger partial charge on any atom is -0.506 e. The second kappa shape index (κ2) is 3.83. The van der Waals surface area contributed by atoms with Gasteiger partial charge in [0.15, 0.2) is 0 Å². The molecule has 86 valence electrons. The number of anilines is 2. The lowest BCUT2D eigenvalue weighted by Crippen LogP contribution is -2.08. The molecule has 0 atom stereocenters. The summed E-state index contributed by atoms with van der Waals surface area (Å²) in [6, 6.07) is 7.27. The molecule has 0 aliphatic heterocycles. The third-order valence-electron chi connectivity index (χ3n) is 2.60. The fraction of sp³-hybridized carbons (Fsp3) is 0.167. The molecule has 0 bridgehead atoms. The summed E-state index contributed by atoms with van der Waals surface area (Å²) in [6.07, 6.45) is 0. The van der Waals surface area contributed by atoms with E-state index >= 15 is 0 Å². The van der Waals surface area contributed by atoms with Crippen molar-refractivity contribution in [2.45, 2.75) is 0 Å². The number of hydrogen-bond donors (Lipinski definition) is 2. The average molecular weight is 228 g/mol. The van der Waals surface area contributed by atoms with Crippen LogP contribution in [0.15, 0.2) is 18.2 Å². The number of benzene rings is 1. The van der Waals surface area contributed by atoms with Crippen molar-refractivity contribution in [1.82, 2.24) is 4.98 Å². The van der Waals surface area contributed by atoms with Crippen LogP contribution in [0.3, 0.4) is 0 Å². The molecule has 1 heterocycles. The molecule has 0 spiro atoms. The second-order valence-corrected chi connectivity index (χ2v) is 3.93. The number of nitrogens with zero attached hydrogens (tertiary/aromatic N) is 3. The lowest BCUT2D eigenvalue weighted by molar-refractivity contribution is 0.480. The van der Waals surface area contributed by atoms with Crippen molar-refractivity contribution in [3.8, 4) is 11.8 Å². The molecular formula is C12H12N4O. The number of nitriles is 1. The highest BCUT2D eigenvalue weighted by atomic mass is 16.3. The van der Waals surface area contributed by atoms with Crippen LogP contribution in [-0.4, -0.2) is 24.2 Å². The predicted octanol–water partition coefficient (Wildman–Crippen LogP) is 1.46. The Morgan fingerprint density at radius 3 is 2.71 bits per heavy atom. The van der Waals surface area contributed by atoms with E-state index in [1.807, 2.05) is 31.1 Å². The van der Waals surface area contributed by atoms with Crippen molar-refractivity contribution in [2.75, 3.05) is 24.7 Å². The molecule has 0 saturated carbocycles. The summed E-state index contributed by atoms with van der Waals surface area (Å²) in [4.78, 5) is 5.99. The quantitative estimate of drug-likeness (QED) is 0.771. The lowest BCUT2D eigenvalue weighted by atomic mass is 10.1. The summed E-state index contributed by atoms with van der Waals surface area (Å²) in [5.74, 6) is -0.0613. The van der Waals surface area contributed by atoms with Crippen molar-refractivity contribution in [2.24, 2.45) is 0 Å². The monoisotopic (exact) mass is 228 g/mol. The third-order valence-corrected chi connectivity index (χ3v) is 2.60. The molecule has 0 unspecified atom stereocenters. The Bertz CT molecular complexity index is 628. The number of aromatic hydroxyl groups is 1. The Morgan fingerprint density at radius 2 is 2.12 bits per heavy atom. The molecule has 17 heavy (non-hydrogen) atoms.